The lowest BCUT2D eigenvalue weighted by Gasteiger charge is -2.30. The van der Waals surface area contributed by atoms with Crippen LogP contribution in [-0.2, 0) is 11.3 Å². The molecular weight excluding hydrogens is 266 g/mol. The fraction of sp³-hybridized carbons (Fsp3) is 0.750. The summed E-state index contributed by atoms with van der Waals surface area (Å²) in [4.78, 5) is 13.9. The highest BCUT2D eigenvalue weighted by Crippen LogP contribution is 2.38. The van der Waals surface area contributed by atoms with Crippen LogP contribution in [0.5, 0.6) is 0 Å². The normalized spacial score (nSPS) is 23.0. The minimum atomic E-state index is 0. The molecule has 2 heterocycles. The minimum absolute atomic E-state index is 0. The van der Waals surface area contributed by atoms with E-state index in [-0.39, 0.29) is 30.9 Å². The zero-order valence-corrected chi connectivity index (χ0v) is 11.7. The molecule has 19 heavy (non-hydrogen) atoms. The number of piperidine rings is 1. The van der Waals surface area contributed by atoms with Crippen LogP contribution in [0.2, 0.25) is 0 Å². The zero-order chi connectivity index (χ0) is 12.5. The maximum Gasteiger partial charge on any atom is 0.244 e. The molecule has 1 aromatic rings. The topological polar surface area (TPSA) is 77.0 Å². The molecule has 1 atom stereocenters. The Morgan fingerprint density at radius 2 is 2.21 bits per heavy atom. The van der Waals surface area contributed by atoms with E-state index >= 15 is 0 Å². The van der Waals surface area contributed by atoms with Crippen molar-refractivity contribution in [2.75, 3.05) is 13.1 Å². The number of carbonyl (C=O) groups is 1. The summed E-state index contributed by atoms with van der Waals surface area (Å²) in [7, 11) is 0. The van der Waals surface area contributed by atoms with Gasteiger partial charge in [-0.25, -0.2) is 4.68 Å². The van der Waals surface area contributed by atoms with Crippen molar-refractivity contribution in [3.8, 4) is 0 Å². The predicted octanol–water partition coefficient (Wildman–Crippen LogP) is 0.527. The highest BCUT2D eigenvalue weighted by atomic mass is 35.5. The summed E-state index contributed by atoms with van der Waals surface area (Å²) >= 11 is 0. The second-order valence-corrected chi connectivity index (χ2v) is 5.36. The van der Waals surface area contributed by atoms with E-state index < -0.39 is 0 Å². The molecule has 2 aliphatic rings. The van der Waals surface area contributed by atoms with Crippen LogP contribution in [-0.4, -0.2) is 44.9 Å². The zero-order valence-electron chi connectivity index (χ0n) is 10.9. The molecule has 106 valence electrons. The van der Waals surface area contributed by atoms with Crippen LogP contribution in [0.15, 0.2) is 6.20 Å². The monoisotopic (exact) mass is 285 g/mol. The highest BCUT2D eigenvalue weighted by molar-refractivity contribution is 5.85. The number of aromatic nitrogens is 3. The Labute approximate surface area is 118 Å². The lowest BCUT2D eigenvalue weighted by molar-refractivity contribution is -0.133. The van der Waals surface area contributed by atoms with Crippen molar-refractivity contribution in [2.45, 2.75) is 44.2 Å². The summed E-state index contributed by atoms with van der Waals surface area (Å²) in [5, 5.41) is 8.13. The molecule has 0 spiro atoms. The molecule has 6 nitrogen and oxygen atoms in total. The Balaban J connectivity index is 0.00000133. The third-order valence-corrected chi connectivity index (χ3v) is 3.66. The number of carbonyl (C=O) groups excluding carboxylic acids is 1. The molecule has 1 amide bonds. The molecule has 1 aromatic heterocycles. The molecule has 2 fully saturated rings. The van der Waals surface area contributed by atoms with Gasteiger partial charge in [-0.3, -0.25) is 4.79 Å². The summed E-state index contributed by atoms with van der Waals surface area (Å²) in [5.74, 6) is 0.676. The van der Waals surface area contributed by atoms with Gasteiger partial charge in [-0.1, -0.05) is 5.21 Å². The van der Waals surface area contributed by atoms with E-state index in [0.29, 0.717) is 12.5 Å². The molecule has 2 N–H and O–H groups in total. The van der Waals surface area contributed by atoms with E-state index in [2.05, 4.69) is 10.3 Å². The molecule has 0 bridgehead atoms. The second-order valence-electron chi connectivity index (χ2n) is 5.36. The summed E-state index contributed by atoms with van der Waals surface area (Å²) in [6.45, 7) is 1.77. The molecule has 1 unspecified atom stereocenters. The summed E-state index contributed by atoms with van der Waals surface area (Å²) in [6, 6.07) is 0.125. The molecular formula is C12H20ClN5O. The number of hydrogen-bond acceptors (Lipinski definition) is 4. The van der Waals surface area contributed by atoms with Crippen LogP contribution in [0.25, 0.3) is 0 Å². The van der Waals surface area contributed by atoms with Crippen LogP contribution in [0.4, 0.5) is 0 Å². The van der Waals surface area contributed by atoms with Crippen molar-refractivity contribution in [3.05, 3.63) is 11.9 Å². The van der Waals surface area contributed by atoms with Crippen LogP contribution < -0.4 is 5.73 Å². The van der Waals surface area contributed by atoms with E-state index in [4.69, 9.17) is 5.73 Å². The van der Waals surface area contributed by atoms with E-state index in [1.807, 2.05) is 11.1 Å². The highest BCUT2D eigenvalue weighted by Gasteiger charge is 2.27. The molecule has 1 saturated heterocycles. The Bertz CT molecular complexity index is 445. The average molecular weight is 286 g/mol. The van der Waals surface area contributed by atoms with E-state index in [9.17, 15) is 4.79 Å². The van der Waals surface area contributed by atoms with E-state index in [1.165, 1.54) is 12.8 Å². The first-order valence-electron chi connectivity index (χ1n) is 6.66. The smallest absolute Gasteiger partial charge is 0.244 e. The molecule has 3 rings (SSSR count). The minimum Gasteiger partial charge on any atom is -0.340 e. The quantitative estimate of drug-likeness (QED) is 0.879. The number of rotatable bonds is 3. The first-order valence-corrected chi connectivity index (χ1v) is 6.66. The first-order chi connectivity index (χ1) is 8.72. The third kappa shape index (κ3) is 3.45. The van der Waals surface area contributed by atoms with Gasteiger partial charge in [0.05, 0.1) is 5.69 Å². The molecule has 0 aromatic carbocycles. The standard InChI is InChI=1S/C12H19N5O.ClH/c13-10-2-1-5-16(6-10)12(18)8-17-7-11(14-15-17)9-3-4-9;/h7,9-10H,1-6,8,13H2;1H. The van der Waals surface area contributed by atoms with Gasteiger partial charge in [0.25, 0.3) is 0 Å². The number of nitrogens with zero attached hydrogens (tertiary/aromatic N) is 4. The lowest BCUT2D eigenvalue weighted by Crippen LogP contribution is -2.46. The average Bonchev–Trinajstić information content (AvgIpc) is 3.11. The van der Waals surface area contributed by atoms with Crippen LogP contribution in [0.1, 0.15) is 37.3 Å². The van der Waals surface area contributed by atoms with Crippen LogP contribution >= 0.6 is 12.4 Å². The lowest BCUT2D eigenvalue weighted by atomic mass is 10.1. The number of amides is 1. The maximum atomic E-state index is 12.1. The fourth-order valence-electron chi connectivity index (χ4n) is 2.43. The second kappa shape index (κ2) is 5.88. The van der Waals surface area contributed by atoms with Crippen molar-refractivity contribution in [2.24, 2.45) is 5.73 Å². The van der Waals surface area contributed by atoms with Crippen molar-refractivity contribution >= 4 is 18.3 Å². The summed E-state index contributed by atoms with van der Waals surface area (Å²) < 4.78 is 1.65. The summed E-state index contributed by atoms with van der Waals surface area (Å²) in [6.07, 6.45) is 6.32. The third-order valence-electron chi connectivity index (χ3n) is 3.66. The van der Waals surface area contributed by atoms with Crippen molar-refractivity contribution in [1.82, 2.24) is 19.9 Å². The van der Waals surface area contributed by atoms with Gasteiger partial charge in [-0.05, 0) is 25.7 Å². The van der Waals surface area contributed by atoms with Gasteiger partial charge < -0.3 is 10.6 Å². The number of nitrogens with two attached hydrogens (primary N) is 1. The Kier molecular flexibility index (Phi) is 4.42. The number of halogens is 1. The van der Waals surface area contributed by atoms with Gasteiger partial charge >= 0.3 is 0 Å². The maximum absolute atomic E-state index is 12.1. The Hall–Kier alpha value is -1.14. The van der Waals surface area contributed by atoms with Crippen molar-refractivity contribution in [1.29, 1.82) is 0 Å². The first kappa shape index (κ1) is 14.3. The summed E-state index contributed by atoms with van der Waals surface area (Å²) in [5.41, 5.74) is 6.91. The molecule has 1 saturated carbocycles. The van der Waals surface area contributed by atoms with Crippen molar-refractivity contribution < 1.29 is 4.79 Å². The van der Waals surface area contributed by atoms with E-state index in [0.717, 1.165) is 25.1 Å². The SMILES string of the molecule is Cl.NC1CCCN(C(=O)Cn2cc(C3CC3)nn2)C1. The van der Waals surface area contributed by atoms with Gasteiger partial charge in [-0.2, -0.15) is 0 Å². The van der Waals surface area contributed by atoms with Gasteiger partial charge in [0.15, 0.2) is 0 Å². The van der Waals surface area contributed by atoms with Gasteiger partial charge in [0.2, 0.25) is 5.91 Å². The largest absolute Gasteiger partial charge is 0.340 e. The Morgan fingerprint density at radius 1 is 1.42 bits per heavy atom. The predicted molar refractivity (Wildman–Crippen MR) is 73.0 cm³/mol. The van der Waals surface area contributed by atoms with Crippen LogP contribution in [0.3, 0.4) is 0 Å². The van der Waals surface area contributed by atoms with E-state index in [1.54, 1.807) is 4.68 Å². The van der Waals surface area contributed by atoms with Gasteiger partial charge in [0.1, 0.15) is 6.54 Å². The number of hydrogen-bond donors (Lipinski definition) is 1. The van der Waals surface area contributed by atoms with Crippen molar-refractivity contribution in [3.63, 3.8) is 0 Å². The van der Waals surface area contributed by atoms with Gasteiger partial charge in [0, 0.05) is 31.2 Å². The fourth-order valence-corrected chi connectivity index (χ4v) is 2.43. The molecule has 1 aliphatic carbocycles. The molecule has 0 radical (unpaired) electrons. The molecule has 7 heteroatoms. The Morgan fingerprint density at radius 3 is 2.89 bits per heavy atom. The number of likely N-dealkylation sites (tertiary alicyclic amines) is 1. The van der Waals surface area contributed by atoms with Gasteiger partial charge in [-0.15, -0.1) is 17.5 Å². The molecule has 1 aliphatic heterocycles. The van der Waals surface area contributed by atoms with Crippen LogP contribution in [0, 0.1) is 0 Å².